The summed E-state index contributed by atoms with van der Waals surface area (Å²) < 4.78 is 0.891. The molecule has 0 fully saturated rings. The van der Waals surface area contributed by atoms with Gasteiger partial charge >= 0.3 is 5.97 Å². The number of aryl methyl sites for hydroxylation is 1. The maximum atomic E-state index is 10.7. The highest BCUT2D eigenvalue weighted by atomic mass is 35.5. The van der Waals surface area contributed by atoms with E-state index in [4.69, 9.17) is 16.7 Å². The quantitative estimate of drug-likeness (QED) is 0.762. The Kier molecular flexibility index (Phi) is 2.17. The van der Waals surface area contributed by atoms with E-state index in [9.17, 15) is 4.79 Å². The van der Waals surface area contributed by atoms with E-state index in [2.05, 4.69) is 4.98 Å². The molecule has 2 aromatic heterocycles. The monoisotopic (exact) mass is 227 g/mol. The van der Waals surface area contributed by atoms with E-state index < -0.39 is 5.97 Å². The predicted octanol–water partition coefficient (Wildman–Crippen LogP) is 2.96. The summed E-state index contributed by atoms with van der Waals surface area (Å²) in [5, 5.41) is 9.89. The van der Waals surface area contributed by atoms with Crippen LogP contribution in [0.2, 0.25) is 5.15 Å². The molecule has 14 heavy (non-hydrogen) atoms. The van der Waals surface area contributed by atoms with E-state index in [0.717, 1.165) is 10.3 Å². The molecule has 0 spiro atoms. The Morgan fingerprint density at radius 3 is 2.93 bits per heavy atom. The van der Waals surface area contributed by atoms with Crippen molar-refractivity contribution in [3.63, 3.8) is 0 Å². The first-order chi connectivity index (χ1) is 6.59. The van der Waals surface area contributed by atoms with Crippen molar-refractivity contribution in [3.05, 3.63) is 27.9 Å². The second kappa shape index (κ2) is 3.22. The molecule has 1 N–H and O–H groups in total. The van der Waals surface area contributed by atoms with Gasteiger partial charge in [0.25, 0.3) is 0 Å². The first kappa shape index (κ1) is 9.43. The average Bonchev–Trinajstić information content (AvgIpc) is 2.57. The van der Waals surface area contributed by atoms with Crippen LogP contribution >= 0.6 is 22.9 Å². The lowest BCUT2D eigenvalue weighted by Crippen LogP contribution is -1.89. The van der Waals surface area contributed by atoms with Gasteiger partial charge in [-0.3, -0.25) is 0 Å². The molecule has 0 atom stereocenters. The lowest BCUT2D eigenvalue weighted by Gasteiger charge is -1.95. The zero-order valence-electron chi connectivity index (χ0n) is 7.24. The molecule has 0 aromatic carbocycles. The second-order valence-electron chi connectivity index (χ2n) is 2.89. The summed E-state index contributed by atoms with van der Waals surface area (Å²) in [5.41, 5.74) is 0.946. The van der Waals surface area contributed by atoms with Crippen LogP contribution in [0.1, 0.15) is 15.2 Å². The van der Waals surface area contributed by atoms with E-state index >= 15 is 0 Å². The summed E-state index contributed by atoms with van der Waals surface area (Å²) in [6.45, 7) is 1.88. The fraction of sp³-hybridized carbons (Fsp3) is 0.111. The molecule has 3 nitrogen and oxygen atoms in total. The maximum absolute atomic E-state index is 10.7. The molecule has 2 heterocycles. The third-order valence-corrected chi connectivity index (χ3v) is 3.45. The Hall–Kier alpha value is -1.13. The largest absolute Gasteiger partial charge is 0.477 e. The summed E-state index contributed by atoms with van der Waals surface area (Å²) in [4.78, 5) is 15.0. The molecule has 0 bridgehead atoms. The maximum Gasteiger partial charge on any atom is 0.345 e. The molecule has 2 aromatic rings. The highest BCUT2D eigenvalue weighted by molar-refractivity contribution is 7.21. The van der Waals surface area contributed by atoms with Crippen LogP contribution in [-0.2, 0) is 0 Å². The van der Waals surface area contributed by atoms with E-state index in [1.54, 1.807) is 12.3 Å². The number of thiophene rings is 1. The number of fused-ring (bicyclic) bond motifs is 1. The van der Waals surface area contributed by atoms with Gasteiger partial charge in [-0.15, -0.1) is 11.3 Å². The van der Waals surface area contributed by atoms with Gasteiger partial charge in [0.05, 0.1) is 0 Å². The Morgan fingerprint density at radius 1 is 1.64 bits per heavy atom. The summed E-state index contributed by atoms with van der Waals surface area (Å²) in [5.74, 6) is -0.929. The number of halogens is 1. The SMILES string of the molecule is Cc1cnc(Cl)c2cc(C(=O)O)sc12. The van der Waals surface area contributed by atoms with Crippen molar-refractivity contribution in [1.82, 2.24) is 4.98 Å². The Balaban J connectivity index is 2.82. The van der Waals surface area contributed by atoms with Gasteiger partial charge in [-0.2, -0.15) is 0 Å². The minimum atomic E-state index is -0.929. The number of aromatic carboxylic acids is 1. The van der Waals surface area contributed by atoms with Crippen LogP contribution in [0.4, 0.5) is 0 Å². The molecule has 0 aliphatic rings. The summed E-state index contributed by atoms with van der Waals surface area (Å²) in [6, 6.07) is 1.56. The van der Waals surface area contributed by atoms with Gasteiger partial charge in [-0.1, -0.05) is 11.6 Å². The predicted molar refractivity (Wildman–Crippen MR) is 56.3 cm³/mol. The Morgan fingerprint density at radius 2 is 2.36 bits per heavy atom. The number of carboxylic acids is 1. The van der Waals surface area contributed by atoms with Gasteiger partial charge in [-0.05, 0) is 18.6 Å². The fourth-order valence-corrected chi connectivity index (χ4v) is 2.44. The molecule has 2 rings (SSSR count). The van der Waals surface area contributed by atoms with Crippen molar-refractivity contribution in [2.45, 2.75) is 6.92 Å². The third kappa shape index (κ3) is 1.36. The Bertz CT molecular complexity index is 482. The van der Waals surface area contributed by atoms with Crippen LogP contribution in [0.3, 0.4) is 0 Å². The summed E-state index contributed by atoms with van der Waals surface area (Å²) in [7, 11) is 0. The molecule has 0 aliphatic heterocycles. The standard InChI is InChI=1S/C9H6ClNO2S/c1-4-3-11-8(10)5-2-6(9(12)13)14-7(4)5/h2-3H,1H3,(H,12,13). The van der Waals surface area contributed by atoms with Crippen molar-refractivity contribution in [2.24, 2.45) is 0 Å². The number of aromatic nitrogens is 1. The van der Waals surface area contributed by atoms with Gasteiger partial charge in [0, 0.05) is 16.3 Å². The normalized spacial score (nSPS) is 10.7. The second-order valence-corrected chi connectivity index (χ2v) is 4.30. The van der Waals surface area contributed by atoms with Crippen LogP contribution in [0.25, 0.3) is 10.1 Å². The van der Waals surface area contributed by atoms with Crippen LogP contribution < -0.4 is 0 Å². The number of carbonyl (C=O) groups is 1. The lowest BCUT2D eigenvalue weighted by atomic mass is 10.2. The van der Waals surface area contributed by atoms with Crippen molar-refractivity contribution in [2.75, 3.05) is 0 Å². The van der Waals surface area contributed by atoms with Gasteiger partial charge < -0.3 is 5.11 Å². The average molecular weight is 228 g/mol. The van der Waals surface area contributed by atoms with Crippen LogP contribution in [0.5, 0.6) is 0 Å². The first-order valence-corrected chi connectivity index (χ1v) is 5.07. The molecular formula is C9H6ClNO2S. The van der Waals surface area contributed by atoms with Crippen LogP contribution in [-0.4, -0.2) is 16.1 Å². The lowest BCUT2D eigenvalue weighted by molar-refractivity contribution is 0.0702. The topological polar surface area (TPSA) is 50.2 Å². The molecule has 0 aliphatic carbocycles. The summed E-state index contributed by atoms with van der Waals surface area (Å²) >= 11 is 7.07. The highest BCUT2D eigenvalue weighted by Crippen LogP contribution is 2.32. The van der Waals surface area contributed by atoms with E-state index in [1.807, 2.05) is 6.92 Å². The minimum absolute atomic E-state index is 0.290. The third-order valence-electron chi connectivity index (χ3n) is 1.89. The number of nitrogens with zero attached hydrogens (tertiary/aromatic N) is 1. The zero-order valence-corrected chi connectivity index (χ0v) is 8.82. The van der Waals surface area contributed by atoms with Gasteiger partial charge in [0.15, 0.2) is 0 Å². The van der Waals surface area contributed by atoms with E-state index in [1.165, 1.54) is 11.3 Å². The van der Waals surface area contributed by atoms with Crippen molar-refractivity contribution >= 4 is 39.0 Å². The molecule has 0 unspecified atom stereocenters. The fourth-order valence-electron chi connectivity index (χ4n) is 1.22. The molecule has 0 saturated heterocycles. The zero-order chi connectivity index (χ0) is 10.3. The van der Waals surface area contributed by atoms with E-state index in [0.29, 0.717) is 10.5 Å². The molecule has 5 heteroatoms. The van der Waals surface area contributed by atoms with Gasteiger partial charge in [0.2, 0.25) is 0 Å². The number of pyridine rings is 1. The van der Waals surface area contributed by atoms with Gasteiger partial charge in [0.1, 0.15) is 10.0 Å². The first-order valence-electron chi connectivity index (χ1n) is 3.87. The minimum Gasteiger partial charge on any atom is -0.477 e. The molecule has 0 radical (unpaired) electrons. The van der Waals surface area contributed by atoms with Crippen molar-refractivity contribution < 1.29 is 9.90 Å². The van der Waals surface area contributed by atoms with Crippen LogP contribution in [0, 0.1) is 6.92 Å². The van der Waals surface area contributed by atoms with Crippen molar-refractivity contribution in [3.8, 4) is 0 Å². The summed E-state index contributed by atoms with van der Waals surface area (Å²) in [6.07, 6.45) is 1.65. The molecule has 0 saturated carbocycles. The molecular weight excluding hydrogens is 222 g/mol. The number of hydrogen-bond donors (Lipinski definition) is 1. The molecule has 72 valence electrons. The van der Waals surface area contributed by atoms with E-state index in [-0.39, 0.29) is 4.88 Å². The van der Waals surface area contributed by atoms with Gasteiger partial charge in [-0.25, -0.2) is 9.78 Å². The number of rotatable bonds is 1. The molecule has 0 amide bonds. The number of carboxylic acid groups (broad SMARTS) is 1. The highest BCUT2D eigenvalue weighted by Gasteiger charge is 2.12. The smallest absolute Gasteiger partial charge is 0.345 e. The number of hydrogen-bond acceptors (Lipinski definition) is 3. The Labute approximate surface area is 89.0 Å². The van der Waals surface area contributed by atoms with Crippen LogP contribution in [0.15, 0.2) is 12.3 Å². The van der Waals surface area contributed by atoms with Crippen molar-refractivity contribution in [1.29, 1.82) is 0 Å².